The van der Waals surface area contributed by atoms with Crippen LogP contribution in [0.4, 0.5) is 17.8 Å². The minimum absolute atomic E-state index is 0.298. The van der Waals surface area contributed by atoms with E-state index in [0.717, 1.165) is 6.42 Å². The van der Waals surface area contributed by atoms with Crippen LogP contribution in [-0.4, -0.2) is 46.8 Å². The number of aliphatic hydroxyl groups excluding tert-OH is 1. The molecule has 18 heavy (non-hydrogen) atoms. The van der Waals surface area contributed by atoms with E-state index in [9.17, 15) is 5.11 Å². The molecule has 1 aromatic rings. The standard InChI is InChI=1S/C10H21N7O/c1-4-7(18)5-6-12-8-13-9(16-11)15-10(14-8)17(2)3/h7,18H,4-6,11H2,1-3H3,(H2,12,13,14,15,16). The highest BCUT2D eigenvalue weighted by atomic mass is 16.3. The fraction of sp³-hybridized carbons (Fsp3) is 0.700. The lowest BCUT2D eigenvalue weighted by Crippen LogP contribution is -2.20. The number of aromatic nitrogens is 3. The monoisotopic (exact) mass is 255 g/mol. The van der Waals surface area contributed by atoms with Gasteiger partial charge in [0.2, 0.25) is 17.8 Å². The Morgan fingerprint density at radius 2 is 1.94 bits per heavy atom. The van der Waals surface area contributed by atoms with Gasteiger partial charge < -0.3 is 15.3 Å². The third-order valence-corrected chi connectivity index (χ3v) is 2.38. The van der Waals surface area contributed by atoms with E-state index in [2.05, 4.69) is 25.7 Å². The Morgan fingerprint density at radius 3 is 2.50 bits per heavy atom. The smallest absolute Gasteiger partial charge is 0.243 e. The van der Waals surface area contributed by atoms with Crippen molar-refractivity contribution in [2.24, 2.45) is 5.84 Å². The molecule has 0 amide bonds. The van der Waals surface area contributed by atoms with Gasteiger partial charge in [0.1, 0.15) is 0 Å². The maximum atomic E-state index is 9.45. The molecule has 0 spiro atoms. The molecule has 1 rings (SSSR count). The minimum Gasteiger partial charge on any atom is -0.393 e. The van der Waals surface area contributed by atoms with E-state index < -0.39 is 0 Å². The summed E-state index contributed by atoms with van der Waals surface area (Å²) >= 11 is 0. The van der Waals surface area contributed by atoms with Gasteiger partial charge in [-0.25, -0.2) is 5.84 Å². The predicted molar refractivity (Wildman–Crippen MR) is 71.4 cm³/mol. The molecular weight excluding hydrogens is 234 g/mol. The molecular formula is C10H21N7O. The van der Waals surface area contributed by atoms with Crippen LogP contribution in [0.1, 0.15) is 19.8 Å². The summed E-state index contributed by atoms with van der Waals surface area (Å²) in [5, 5.41) is 12.5. The van der Waals surface area contributed by atoms with Crippen molar-refractivity contribution < 1.29 is 5.11 Å². The van der Waals surface area contributed by atoms with E-state index in [4.69, 9.17) is 5.84 Å². The average molecular weight is 255 g/mol. The first kappa shape index (κ1) is 14.4. The van der Waals surface area contributed by atoms with Crippen molar-refractivity contribution in [2.75, 3.05) is 36.3 Å². The number of hydrogen-bond acceptors (Lipinski definition) is 8. The Bertz CT molecular complexity index is 371. The lowest BCUT2D eigenvalue weighted by Gasteiger charge is -2.13. The third kappa shape index (κ3) is 4.30. The number of aliphatic hydroxyl groups is 1. The maximum Gasteiger partial charge on any atom is 0.243 e. The molecule has 5 N–H and O–H groups in total. The number of hydrazine groups is 1. The van der Waals surface area contributed by atoms with Gasteiger partial charge in [0, 0.05) is 20.6 Å². The van der Waals surface area contributed by atoms with E-state index in [-0.39, 0.29) is 6.10 Å². The van der Waals surface area contributed by atoms with Crippen molar-refractivity contribution in [1.29, 1.82) is 0 Å². The number of nitrogens with zero attached hydrogens (tertiary/aromatic N) is 4. The molecule has 0 aromatic carbocycles. The predicted octanol–water partition coefficient (Wildman–Crippen LogP) is -0.204. The van der Waals surface area contributed by atoms with E-state index >= 15 is 0 Å². The lowest BCUT2D eigenvalue weighted by molar-refractivity contribution is 0.164. The molecule has 0 fully saturated rings. The lowest BCUT2D eigenvalue weighted by atomic mass is 10.2. The second-order valence-electron chi connectivity index (χ2n) is 4.10. The number of hydrogen-bond donors (Lipinski definition) is 4. The van der Waals surface area contributed by atoms with Crippen molar-refractivity contribution >= 4 is 17.8 Å². The van der Waals surface area contributed by atoms with Gasteiger partial charge in [0.25, 0.3) is 0 Å². The van der Waals surface area contributed by atoms with Crippen molar-refractivity contribution in [3.05, 3.63) is 0 Å². The van der Waals surface area contributed by atoms with Gasteiger partial charge in [0.15, 0.2) is 0 Å². The van der Waals surface area contributed by atoms with Gasteiger partial charge in [-0.1, -0.05) is 6.92 Å². The quantitative estimate of drug-likeness (QED) is 0.391. The molecule has 0 saturated carbocycles. The number of anilines is 3. The van der Waals surface area contributed by atoms with Crippen LogP contribution >= 0.6 is 0 Å². The molecule has 1 heterocycles. The number of nitrogen functional groups attached to an aromatic ring is 1. The molecule has 102 valence electrons. The van der Waals surface area contributed by atoms with Crippen LogP contribution in [0.5, 0.6) is 0 Å². The second-order valence-corrected chi connectivity index (χ2v) is 4.10. The Hall–Kier alpha value is -1.67. The van der Waals surface area contributed by atoms with E-state index in [1.165, 1.54) is 0 Å². The van der Waals surface area contributed by atoms with Crippen LogP contribution in [0.15, 0.2) is 0 Å². The Balaban J connectivity index is 2.66. The first-order chi connectivity index (χ1) is 8.56. The van der Waals surface area contributed by atoms with Gasteiger partial charge in [-0.3, -0.25) is 5.43 Å². The molecule has 0 aliphatic carbocycles. The maximum absolute atomic E-state index is 9.45. The van der Waals surface area contributed by atoms with Crippen molar-refractivity contribution in [3.63, 3.8) is 0 Å². The average Bonchev–Trinajstić information content (AvgIpc) is 2.37. The van der Waals surface area contributed by atoms with Crippen LogP contribution in [0.3, 0.4) is 0 Å². The van der Waals surface area contributed by atoms with Crippen LogP contribution < -0.4 is 21.5 Å². The highest BCUT2D eigenvalue weighted by Gasteiger charge is 2.07. The summed E-state index contributed by atoms with van der Waals surface area (Å²) in [6.07, 6.45) is 1.07. The molecule has 1 aromatic heterocycles. The summed E-state index contributed by atoms with van der Waals surface area (Å²) in [6.45, 7) is 2.53. The normalized spacial score (nSPS) is 12.1. The molecule has 8 heteroatoms. The summed E-state index contributed by atoms with van der Waals surface area (Å²) in [4.78, 5) is 14.1. The third-order valence-electron chi connectivity index (χ3n) is 2.38. The summed E-state index contributed by atoms with van der Waals surface area (Å²) in [7, 11) is 3.67. The first-order valence-corrected chi connectivity index (χ1v) is 5.88. The number of rotatable bonds is 7. The number of nitrogens with one attached hydrogen (secondary N) is 2. The molecule has 0 bridgehead atoms. The van der Waals surface area contributed by atoms with Crippen LogP contribution in [-0.2, 0) is 0 Å². The summed E-state index contributed by atoms with van der Waals surface area (Å²) in [5.41, 5.74) is 2.39. The topological polar surface area (TPSA) is 112 Å². The summed E-state index contributed by atoms with van der Waals surface area (Å²) < 4.78 is 0. The zero-order chi connectivity index (χ0) is 13.5. The number of nitrogens with two attached hydrogens (primary N) is 1. The zero-order valence-corrected chi connectivity index (χ0v) is 11.0. The Labute approximate surface area is 107 Å². The van der Waals surface area contributed by atoms with Gasteiger partial charge in [-0.2, -0.15) is 15.0 Å². The van der Waals surface area contributed by atoms with Gasteiger partial charge >= 0.3 is 0 Å². The fourth-order valence-electron chi connectivity index (χ4n) is 1.26. The van der Waals surface area contributed by atoms with E-state index in [0.29, 0.717) is 30.8 Å². The van der Waals surface area contributed by atoms with Crippen molar-refractivity contribution in [1.82, 2.24) is 15.0 Å². The van der Waals surface area contributed by atoms with Gasteiger partial charge in [0.05, 0.1) is 6.10 Å². The van der Waals surface area contributed by atoms with Crippen LogP contribution in [0, 0.1) is 0 Å². The molecule has 0 aliphatic heterocycles. The van der Waals surface area contributed by atoms with Crippen LogP contribution in [0.2, 0.25) is 0 Å². The molecule has 8 nitrogen and oxygen atoms in total. The molecule has 1 atom stereocenters. The largest absolute Gasteiger partial charge is 0.393 e. The summed E-state index contributed by atoms with van der Waals surface area (Å²) in [6, 6.07) is 0. The highest BCUT2D eigenvalue weighted by molar-refractivity contribution is 5.42. The molecule has 0 radical (unpaired) electrons. The van der Waals surface area contributed by atoms with Crippen molar-refractivity contribution in [2.45, 2.75) is 25.9 Å². The summed E-state index contributed by atoms with van der Waals surface area (Å²) in [5.74, 6) is 6.54. The molecule has 1 unspecified atom stereocenters. The van der Waals surface area contributed by atoms with E-state index in [1.54, 1.807) is 4.90 Å². The fourth-order valence-corrected chi connectivity index (χ4v) is 1.26. The highest BCUT2D eigenvalue weighted by Crippen LogP contribution is 2.10. The zero-order valence-electron chi connectivity index (χ0n) is 11.0. The molecule has 0 aliphatic rings. The second kappa shape index (κ2) is 6.92. The molecule has 0 saturated heterocycles. The first-order valence-electron chi connectivity index (χ1n) is 5.88. The van der Waals surface area contributed by atoms with Gasteiger partial charge in [-0.05, 0) is 12.8 Å². The minimum atomic E-state index is -0.306. The van der Waals surface area contributed by atoms with Crippen LogP contribution in [0.25, 0.3) is 0 Å². The SMILES string of the molecule is CCC(O)CCNc1nc(NN)nc(N(C)C)n1. The Kier molecular flexibility index (Phi) is 5.53. The Morgan fingerprint density at radius 1 is 1.28 bits per heavy atom. The van der Waals surface area contributed by atoms with Gasteiger partial charge in [-0.15, -0.1) is 0 Å². The van der Waals surface area contributed by atoms with E-state index in [1.807, 2.05) is 21.0 Å². The van der Waals surface area contributed by atoms with Crippen molar-refractivity contribution in [3.8, 4) is 0 Å².